The highest BCUT2D eigenvalue weighted by Gasteiger charge is 2.27. The second kappa shape index (κ2) is 5.92. The molecule has 1 fully saturated rings. The number of benzene rings is 1. The molecule has 0 spiro atoms. The van der Waals surface area contributed by atoms with Crippen molar-refractivity contribution >= 4 is 32.7 Å². The number of fused-ring (bicyclic) bond motifs is 1. The summed E-state index contributed by atoms with van der Waals surface area (Å²) in [5, 5.41) is 2.08. The molecule has 0 radical (unpaired) electrons. The van der Waals surface area contributed by atoms with Crippen molar-refractivity contribution in [3.05, 3.63) is 42.1 Å². The highest BCUT2D eigenvalue weighted by atomic mass is 79.9. The molecule has 104 valence electrons. The first kappa shape index (κ1) is 13.6. The maximum Gasteiger partial charge on any atom is 0.272 e. The first-order chi connectivity index (χ1) is 9.78. The van der Waals surface area contributed by atoms with E-state index in [0.717, 1.165) is 42.2 Å². The summed E-state index contributed by atoms with van der Waals surface area (Å²) in [7, 11) is 0. The molecule has 2 aromatic rings. The average molecular weight is 333 g/mol. The Kier molecular flexibility index (Phi) is 4.01. The number of likely N-dealkylation sites (tertiary alicyclic amines) is 1. The summed E-state index contributed by atoms with van der Waals surface area (Å²) in [5.74, 6) is 0.687. The van der Waals surface area contributed by atoms with Gasteiger partial charge in [0, 0.05) is 23.8 Å². The summed E-state index contributed by atoms with van der Waals surface area (Å²) < 4.78 is 0. The van der Waals surface area contributed by atoms with Crippen LogP contribution >= 0.6 is 15.9 Å². The van der Waals surface area contributed by atoms with Gasteiger partial charge >= 0.3 is 0 Å². The zero-order valence-electron chi connectivity index (χ0n) is 11.3. The van der Waals surface area contributed by atoms with Gasteiger partial charge in [0.05, 0.1) is 5.52 Å². The molecule has 3 nitrogen and oxygen atoms in total. The normalized spacial score (nSPS) is 18.6. The van der Waals surface area contributed by atoms with Crippen molar-refractivity contribution in [1.82, 2.24) is 9.88 Å². The van der Waals surface area contributed by atoms with Crippen molar-refractivity contribution in [3.8, 4) is 0 Å². The van der Waals surface area contributed by atoms with E-state index >= 15 is 0 Å². The lowest BCUT2D eigenvalue weighted by Crippen LogP contribution is -2.29. The average Bonchev–Trinajstić information content (AvgIpc) is 2.95. The number of amides is 1. The molecule has 0 saturated carbocycles. The topological polar surface area (TPSA) is 33.2 Å². The smallest absolute Gasteiger partial charge is 0.272 e. The molecule has 1 aliphatic rings. The van der Waals surface area contributed by atoms with Gasteiger partial charge in [0.15, 0.2) is 0 Å². The molecule has 0 aliphatic carbocycles. The Morgan fingerprint density at radius 3 is 3.00 bits per heavy atom. The Morgan fingerprint density at radius 2 is 2.15 bits per heavy atom. The molecule has 0 bridgehead atoms. The number of hydrogen-bond acceptors (Lipinski definition) is 2. The molecular formula is C16H17BrN2O. The number of carbonyl (C=O) groups is 1. The lowest BCUT2D eigenvalue weighted by atomic mass is 10.1. The van der Waals surface area contributed by atoms with Crippen molar-refractivity contribution in [2.45, 2.75) is 12.8 Å². The molecule has 0 N–H and O–H groups in total. The zero-order valence-corrected chi connectivity index (χ0v) is 12.8. The molecule has 1 saturated heterocycles. The van der Waals surface area contributed by atoms with E-state index in [4.69, 9.17) is 0 Å². The van der Waals surface area contributed by atoms with Crippen LogP contribution in [0.5, 0.6) is 0 Å². The summed E-state index contributed by atoms with van der Waals surface area (Å²) in [6.07, 6.45) is 2.24. The van der Waals surface area contributed by atoms with Crippen LogP contribution in [0.25, 0.3) is 10.9 Å². The van der Waals surface area contributed by atoms with Gasteiger partial charge in [0.2, 0.25) is 0 Å². The predicted molar refractivity (Wildman–Crippen MR) is 84.2 cm³/mol. The van der Waals surface area contributed by atoms with Crippen molar-refractivity contribution in [2.24, 2.45) is 5.92 Å². The van der Waals surface area contributed by atoms with Crippen LogP contribution in [0.1, 0.15) is 23.3 Å². The molecule has 3 rings (SSSR count). The minimum atomic E-state index is 0.0628. The second-order valence-corrected chi connectivity index (χ2v) is 6.07. The zero-order chi connectivity index (χ0) is 13.9. The lowest BCUT2D eigenvalue weighted by molar-refractivity contribution is 0.0781. The van der Waals surface area contributed by atoms with E-state index in [0.29, 0.717) is 11.6 Å². The van der Waals surface area contributed by atoms with Crippen LogP contribution in [0.3, 0.4) is 0 Å². The van der Waals surface area contributed by atoms with Crippen LogP contribution in [-0.2, 0) is 0 Å². The fourth-order valence-electron chi connectivity index (χ4n) is 2.75. The standard InChI is InChI=1S/C16H17BrN2O/c17-9-7-12-8-10-19(11-12)16(20)15-6-5-13-3-1-2-4-14(13)18-15/h1-6,12H,7-11H2. The van der Waals surface area contributed by atoms with Crippen LogP contribution in [0.2, 0.25) is 0 Å². The number of halogens is 1. The van der Waals surface area contributed by atoms with E-state index in [1.807, 2.05) is 41.3 Å². The Bertz CT molecular complexity index is 629. The van der Waals surface area contributed by atoms with Crippen molar-refractivity contribution < 1.29 is 4.79 Å². The van der Waals surface area contributed by atoms with E-state index in [-0.39, 0.29) is 5.91 Å². The summed E-state index contributed by atoms with van der Waals surface area (Å²) in [4.78, 5) is 18.9. The third-order valence-electron chi connectivity index (χ3n) is 3.91. The lowest BCUT2D eigenvalue weighted by Gasteiger charge is -2.16. The molecule has 2 heterocycles. The Morgan fingerprint density at radius 1 is 1.30 bits per heavy atom. The summed E-state index contributed by atoms with van der Waals surface area (Å²) in [6.45, 7) is 1.71. The molecule has 1 atom stereocenters. The van der Waals surface area contributed by atoms with Gasteiger partial charge in [-0.25, -0.2) is 4.98 Å². The molecule has 4 heteroatoms. The summed E-state index contributed by atoms with van der Waals surface area (Å²) in [6, 6.07) is 11.7. The van der Waals surface area contributed by atoms with Crippen molar-refractivity contribution in [2.75, 3.05) is 18.4 Å². The van der Waals surface area contributed by atoms with E-state index in [1.165, 1.54) is 0 Å². The highest BCUT2D eigenvalue weighted by molar-refractivity contribution is 9.09. The van der Waals surface area contributed by atoms with Crippen LogP contribution in [0, 0.1) is 5.92 Å². The number of rotatable bonds is 3. The molecule has 1 amide bonds. The van der Waals surface area contributed by atoms with Gasteiger partial charge in [-0.15, -0.1) is 0 Å². The van der Waals surface area contributed by atoms with Crippen LogP contribution < -0.4 is 0 Å². The van der Waals surface area contributed by atoms with Crippen molar-refractivity contribution in [3.63, 3.8) is 0 Å². The van der Waals surface area contributed by atoms with Crippen LogP contribution in [-0.4, -0.2) is 34.2 Å². The van der Waals surface area contributed by atoms with Gasteiger partial charge in [-0.1, -0.05) is 40.2 Å². The largest absolute Gasteiger partial charge is 0.337 e. The third-order valence-corrected chi connectivity index (χ3v) is 4.37. The van der Waals surface area contributed by atoms with E-state index in [9.17, 15) is 4.79 Å². The summed E-state index contributed by atoms with van der Waals surface area (Å²) >= 11 is 3.47. The first-order valence-corrected chi connectivity index (χ1v) is 8.11. The number of nitrogens with zero attached hydrogens (tertiary/aromatic N) is 2. The molecular weight excluding hydrogens is 316 g/mol. The Balaban J connectivity index is 1.79. The molecule has 1 aliphatic heterocycles. The van der Waals surface area contributed by atoms with E-state index in [2.05, 4.69) is 20.9 Å². The Hall–Kier alpha value is -1.42. The number of alkyl halides is 1. The fourth-order valence-corrected chi connectivity index (χ4v) is 3.40. The minimum absolute atomic E-state index is 0.0628. The number of aromatic nitrogens is 1. The fraction of sp³-hybridized carbons (Fsp3) is 0.375. The number of para-hydroxylation sites is 1. The van der Waals surface area contributed by atoms with Gasteiger partial charge in [-0.2, -0.15) is 0 Å². The quantitative estimate of drug-likeness (QED) is 0.806. The minimum Gasteiger partial charge on any atom is -0.337 e. The van der Waals surface area contributed by atoms with Gasteiger partial charge in [0.1, 0.15) is 5.69 Å². The first-order valence-electron chi connectivity index (χ1n) is 6.99. The third kappa shape index (κ3) is 2.70. The Labute approximate surface area is 127 Å². The number of pyridine rings is 1. The molecule has 20 heavy (non-hydrogen) atoms. The van der Waals surface area contributed by atoms with Crippen LogP contribution in [0.4, 0.5) is 0 Å². The molecule has 1 aromatic heterocycles. The molecule has 1 unspecified atom stereocenters. The second-order valence-electron chi connectivity index (χ2n) is 5.27. The molecule has 1 aromatic carbocycles. The maximum atomic E-state index is 12.5. The summed E-state index contributed by atoms with van der Waals surface area (Å²) in [5.41, 5.74) is 1.44. The van der Waals surface area contributed by atoms with E-state index < -0.39 is 0 Å². The van der Waals surface area contributed by atoms with Gasteiger partial charge < -0.3 is 4.90 Å². The highest BCUT2D eigenvalue weighted by Crippen LogP contribution is 2.22. The van der Waals surface area contributed by atoms with Crippen LogP contribution in [0.15, 0.2) is 36.4 Å². The predicted octanol–water partition coefficient (Wildman–Crippen LogP) is 3.48. The SMILES string of the molecule is O=C(c1ccc2ccccc2n1)N1CCC(CCBr)C1. The van der Waals surface area contributed by atoms with E-state index in [1.54, 1.807) is 0 Å². The number of carbonyl (C=O) groups excluding carboxylic acids is 1. The van der Waals surface area contributed by atoms with Crippen molar-refractivity contribution in [1.29, 1.82) is 0 Å². The monoisotopic (exact) mass is 332 g/mol. The number of hydrogen-bond donors (Lipinski definition) is 0. The van der Waals surface area contributed by atoms with Gasteiger partial charge in [0.25, 0.3) is 5.91 Å². The maximum absolute atomic E-state index is 12.5. The van der Waals surface area contributed by atoms with Gasteiger partial charge in [-0.3, -0.25) is 4.79 Å². The van der Waals surface area contributed by atoms with Gasteiger partial charge in [-0.05, 0) is 30.9 Å².